The van der Waals surface area contributed by atoms with Crippen LogP contribution in [0.25, 0.3) is 11.0 Å². The minimum Gasteiger partial charge on any atom is -0.464 e. The number of piperidine rings is 1. The fraction of sp³-hybridized carbons (Fsp3) is 0.571. The van der Waals surface area contributed by atoms with E-state index in [-0.39, 0.29) is 12.0 Å². The molecule has 0 radical (unpaired) electrons. The van der Waals surface area contributed by atoms with Gasteiger partial charge in [0.05, 0.1) is 6.26 Å². The molecule has 1 saturated heterocycles. The summed E-state index contributed by atoms with van der Waals surface area (Å²) in [5, 5.41) is 0.845. The second kappa shape index (κ2) is 7.87. The lowest BCUT2D eigenvalue weighted by Gasteiger charge is -2.34. The van der Waals surface area contributed by atoms with Crippen molar-refractivity contribution in [1.29, 1.82) is 0 Å². The molecule has 148 valence electrons. The first kappa shape index (κ1) is 19.6. The number of nitrogens with zero attached hydrogens (tertiary/aromatic N) is 1. The molecule has 1 aliphatic rings. The number of alkyl halides is 2. The third kappa shape index (κ3) is 4.99. The summed E-state index contributed by atoms with van der Waals surface area (Å²) < 4.78 is 38.2. The quantitative estimate of drug-likeness (QED) is 0.672. The number of rotatable bonds is 4. The second-order valence-corrected chi connectivity index (χ2v) is 8.31. The van der Waals surface area contributed by atoms with Gasteiger partial charge in [0.2, 0.25) is 6.43 Å². The van der Waals surface area contributed by atoms with Crippen LogP contribution in [0.4, 0.5) is 13.6 Å². The van der Waals surface area contributed by atoms with Gasteiger partial charge >= 0.3 is 6.09 Å². The van der Waals surface area contributed by atoms with Gasteiger partial charge in [-0.25, -0.2) is 13.6 Å². The first-order chi connectivity index (χ1) is 12.7. The lowest BCUT2D eigenvalue weighted by molar-refractivity contribution is 0.0163. The number of likely N-dealkylation sites (tertiary alicyclic amines) is 1. The number of hydrogen-bond acceptors (Lipinski definition) is 3. The van der Waals surface area contributed by atoms with Crippen molar-refractivity contribution in [2.75, 3.05) is 13.1 Å². The van der Waals surface area contributed by atoms with Gasteiger partial charge in [0.25, 0.3) is 0 Å². The zero-order chi connectivity index (χ0) is 19.6. The summed E-state index contributed by atoms with van der Waals surface area (Å²) in [6.45, 7) is 6.61. The summed E-state index contributed by atoms with van der Waals surface area (Å²) in [7, 11) is 0. The number of amides is 1. The van der Waals surface area contributed by atoms with E-state index in [9.17, 15) is 13.6 Å². The van der Waals surface area contributed by atoms with Gasteiger partial charge in [-0.3, -0.25) is 0 Å². The van der Waals surface area contributed by atoms with Crippen molar-refractivity contribution in [3.63, 3.8) is 0 Å². The fourth-order valence-electron chi connectivity index (χ4n) is 3.64. The molecule has 1 unspecified atom stereocenters. The maximum absolute atomic E-state index is 13.7. The summed E-state index contributed by atoms with van der Waals surface area (Å²) in [6.07, 6.45) is 0.684. The van der Waals surface area contributed by atoms with Crippen LogP contribution in [0.15, 0.2) is 34.9 Å². The van der Waals surface area contributed by atoms with Gasteiger partial charge < -0.3 is 14.1 Å². The molecule has 0 bridgehead atoms. The first-order valence-electron chi connectivity index (χ1n) is 9.46. The number of furan rings is 1. The molecule has 2 heterocycles. The molecule has 6 heteroatoms. The molecule has 27 heavy (non-hydrogen) atoms. The molecule has 1 aliphatic heterocycles. The van der Waals surface area contributed by atoms with Crippen molar-refractivity contribution >= 4 is 17.1 Å². The third-order valence-corrected chi connectivity index (χ3v) is 5.06. The SMILES string of the molecule is CC(C)(C)OC(=O)N1CCC(CC(c2ccc3occc3c2)C(F)F)CC1. The second-order valence-electron chi connectivity index (χ2n) is 8.31. The van der Waals surface area contributed by atoms with E-state index < -0.39 is 17.9 Å². The monoisotopic (exact) mass is 379 g/mol. The van der Waals surface area contributed by atoms with Crippen LogP contribution in [0.5, 0.6) is 0 Å². The van der Waals surface area contributed by atoms with E-state index in [4.69, 9.17) is 9.15 Å². The molecule has 1 aromatic carbocycles. The summed E-state index contributed by atoms with van der Waals surface area (Å²) in [4.78, 5) is 13.8. The summed E-state index contributed by atoms with van der Waals surface area (Å²) in [6, 6.07) is 7.08. The van der Waals surface area contributed by atoms with Gasteiger partial charge in [0.1, 0.15) is 11.2 Å². The number of carbonyl (C=O) groups excluding carboxylic acids is 1. The van der Waals surface area contributed by atoms with Crippen molar-refractivity contribution in [1.82, 2.24) is 4.90 Å². The van der Waals surface area contributed by atoms with Crippen LogP contribution in [-0.4, -0.2) is 36.1 Å². The molecule has 0 N–H and O–H groups in total. The predicted octanol–water partition coefficient (Wildman–Crippen LogP) is 5.82. The van der Waals surface area contributed by atoms with Crippen LogP contribution in [0.3, 0.4) is 0 Å². The Labute approximate surface area is 158 Å². The molecule has 1 atom stereocenters. The zero-order valence-corrected chi connectivity index (χ0v) is 16.1. The van der Waals surface area contributed by atoms with Crippen molar-refractivity contribution in [2.24, 2.45) is 5.92 Å². The van der Waals surface area contributed by atoms with E-state index in [1.54, 1.807) is 35.4 Å². The smallest absolute Gasteiger partial charge is 0.410 e. The Balaban J connectivity index is 1.61. The standard InChI is InChI=1S/C21H27F2NO3/c1-21(2,3)27-20(25)24-9-6-14(7-10-24)12-17(19(22)23)15-4-5-18-16(13-15)8-11-26-18/h4-5,8,11,13-14,17,19H,6-7,9-10,12H2,1-3H3. The van der Waals surface area contributed by atoms with E-state index in [0.717, 1.165) is 18.2 Å². The predicted molar refractivity (Wildman–Crippen MR) is 100 cm³/mol. The Bertz CT molecular complexity index is 773. The topological polar surface area (TPSA) is 42.7 Å². The van der Waals surface area contributed by atoms with Crippen LogP contribution < -0.4 is 0 Å². The first-order valence-corrected chi connectivity index (χ1v) is 9.46. The van der Waals surface area contributed by atoms with Crippen molar-refractivity contribution in [3.05, 3.63) is 36.1 Å². The van der Waals surface area contributed by atoms with Crippen molar-refractivity contribution < 1.29 is 22.7 Å². The minimum atomic E-state index is -2.42. The van der Waals surface area contributed by atoms with Crippen LogP contribution in [-0.2, 0) is 4.74 Å². The highest BCUT2D eigenvalue weighted by atomic mass is 19.3. The van der Waals surface area contributed by atoms with E-state index in [2.05, 4.69) is 0 Å². The molecule has 4 nitrogen and oxygen atoms in total. The Morgan fingerprint density at radius 2 is 1.96 bits per heavy atom. The minimum absolute atomic E-state index is 0.169. The summed E-state index contributed by atoms with van der Waals surface area (Å²) in [5.74, 6) is -0.634. The van der Waals surface area contributed by atoms with Crippen molar-refractivity contribution in [2.45, 2.75) is 58.0 Å². The average molecular weight is 379 g/mol. The van der Waals surface area contributed by atoms with E-state index >= 15 is 0 Å². The molecule has 2 aromatic rings. The van der Waals surface area contributed by atoms with Crippen LogP contribution in [0, 0.1) is 5.92 Å². The number of benzene rings is 1. The normalized spacial score (nSPS) is 17.5. The van der Waals surface area contributed by atoms with Crippen LogP contribution in [0.1, 0.15) is 51.5 Å². The van der Waals surface area contributed by atoms with Gasteiger partial charge in [-0.15, -0.1) is 0 Å². The number of fused-ring (bicyclic) bond motifs is 1. The maximum Gasteiger partial charge on any atom is 0.410 e. The Morgan fingerprint density at radius 1 is 1.26 bits per heavy atom. The highest BCUT2D eigenvalue weighted by molar-refractivity contribution is 5.77. The van der Waals surface area contributed by atoms with Gasteiger partial charge in [-0.1, -0.05) is 6.07 Å². The molecule has 0 spiro atoms. The van der Waals surface area contributed by atoms with Gasteiger partial charge in [-0.2, -0.15) is 0 Å². The third-order valence-electron chi connectivity index (χ3n) is 5.06. The van der Waals surface area contributed by atoms with E-state index in [0.29, 0.717) is 30.7 Å². The molecular formula is C21H27F2NO3. The van der Waals surface area contributed by atoms with E-state index in [1.807, 2.05) is 20.8 Å². The molecule has 1 aromatic heterocycles. The summed E-state index contributed by atoms with van der Waals surface area (Å²) >= 11 is 0. The fourth-order valence-corrected chi connectivity index (χ4v) is 3.64. The molecule has 1 fully saturated rings. The molecular weight excluding hydrogens is 352 g/mol. The summed E-state index contributed by atoms with van der Waals surface area (Å²) in [5.41, 5.74) is 0.825. The Kier molecular flexibility index (Phi) is 5.72. The number of halogens is 2. The zero-order valence-electron chi connectivity index (χ0n) is 16.1. The van der Waals surface area contributed by atoms with Crippen LogP contribution in [0.2, 0.25) is 0 Å². The van der Waals surface area contributed by atoms with Gasteiger partial charge in [-0.05, 0) is 69.7 Å². The van der Waals surface area contributed by atoms with Gasteiger partial charge in [0.15, 0.2) is 0 Å². The van der Waals surface area contributed by atoms with Crippen LogP contribution >= 0.6 is 0 Å². The molecule has 0 saturated carbocycles. The molecule has 0 aliphatic carbocycles. The highest BCUT2D eigenvalue weighted by Crippen LogP contribution is 2.35. The molecule has 3 rings (SSSR count). The van der Waals surface area contributed by atoms with E-state index in [1.165, 1.54) is 0 Å². The highest BCUT2D eigenvalue weighted by Gasteiger charge is 2.31. The Hall–Kier alpha value is -2.11. The largest absolute Gasteiger partial charge is 0.464 e. The Morgan fingerprint density at radius 3 is 2.59 bits per heavy atom. The molecule has 1 amide bonds. The average Bonchev–Trinajstić information content (AvgIpc) is 3.06. The van der Waals surface area contributed by atoms with Gasteiger partial charge in [0, 0.05) is 24.4 Å². The lowest BCUT2D eigenvalue weighted by Crippen LogP contribution is -2.42. The maximum atomic E-state index is 13.7. The van der Waals surface area contributed by atoms with Crippen molar-refractivity contribution in [3.8, 4) is 0 Å². The lowest BCUT2D eigenvalue weighted by atomic mass is 9.84. The number of ether oxygens (including phenoxy) is 1. The number of carbonyl (C=O) groups is 1. The number of hydrogen-bond donors (Lipinski definition) is 0.